The number of nitrogens with zero attached hydrogens (tertiary/aromatic N) is 5. The molecule has 51 heavy (non-hydrogen) atoms. The van der Waals surface area contributed by atoms with Crippen LogP contribution in [0, 0.1) is 0 Å². The minimum absolute atomic E-state index is 0.0890. The summed E-state index contributed by atoms with van der Waals surface area (Å²) in [7, 11) is 1.26. The number of aromatic nitrogens is 4. The van der Waals surface area contributed by atoms with Crippen LogP contribution in [-0.2, 0) is 27.2 Å². The van der Waals surface area contributed by atoms with Crippen LogP contribution in [0.5, 0.6) is 0 Å². The molecule has 13 nitrogen and oxygen atoms in total. The highest BCUT2D eigenvalue weighted by Gasteiger charge is 2.37. The summed E-state index contributed by atoms with van der Waals surface area (Å²) in [4.78, 5) is 40.5. The van der Waals surface area contributed by atoms with Gasteiger partial charge in [0.2, 0.25) is 5.91 Å². The highest BCUT2D eigenvalue weighted by molar-refractivity contribution is 5.98. The number of tetrazole rings is 1. The lowest BCUT2D eigenvalue weighted by atomic mass is 9.84. The average molecular weight is 690 g/mol. The van der Waals surface area contributed by atoms with Crippen molar-refractivity contribution in [2.24, 2.45) is 0 Å². The van der Waals surface area contributed by atoms with Crippen LogP contribution in [0.25, 0.3) is 0 Å². The Morgan fingerprint density at radius 2 is 1.53 bits per heavy atom. The van der Waals surface area contributed by atoms with Crippen LogP contribution in [0.4, 0.5) is 15.3 Å². The number of aryl methyl sites for hydroxylation is 1. The minimum Gasteiger partial charge on any atom is -0.465 e. The molecule has 0 spiro atoms. The van der Waals surface area contributed by atoms with Crippen molar-refractivity contribution >= 4 is 23.8 Å². The monoisotopic (exact) mass is 689 g/mol. The molecule has 3 atom stereocenters. The van der Waals surface area contributed by atoms with Gasteiger partial charge < -0.3 is 25.2 Å². The van der Waals surface area contributed by atoms with Crippen molar-refractivity contribution in [1.29, 1.82) is 0 Å². The zero-order valence-corrected chi connectivity index (χ0v) is 28.0. The van der Waals surface area contributed by atoms with Crippen molar-refractivity contribution in [1.82, 2.24) is 30.4 Å². The van der Waals surface area contributed by atoms with Crippen molar-refractivity contribution in [2.75, 3.05) is 25.6 Å². The number of anilines is 1. The summed E-state index contributed by atoms with van der Waals surface area (Å²) in [5, 5.41) is 28.1. The van der Waals surface area contributed by atoms with Gasteiger partial charge in [-0.3, -0.25) is 9.69 Å². The van der Waals surface area contributed by atoms with Gasteiger partial charge in [-0.15, -0.1) is 5.10 Å². The van der Waals surface area contributed by atoms with Gasteiger partial charge in [0.05, 0.1) is 32.9 Å². The Bertz CT molecular complexity index is 1870. The van der Waals surface area contributed by atoms with E-state index in [2.05, 4.69) is 26.2 Å². The second-order valence-corrected chi connectivity index (χ2v) is 12.2. The largest absolute Gasteiger partial charge is 0.465 e. The Balaban J connectivity index is 1.16. The standard InChI is InChI=1S/C38H39N7O6/c1-50-37(47)40-34(33(28-16-7-3-8-17-28)29-18-9-4-10-19-29)36(46)39-31-20-12-11-15-27(31)21-22-30-24-44(38(48)49)32(25-51-30)35-41-42-43-45(35)23-26-13-5-2-6-14-26/h2-20,30,32-34H,21-25H2,1H3,(H,39,46)(H,40,47)(H,48,49)/t30-,32+,34+/m1/s1. The number of carbonyl (C=O) groups is 3. The van der Waals surface area contributed by atoms with E-state index in [4.69, 9.17) is 9.47 Å². The molecule has 3 amide bonds. The van der Waals surface area contributed by atoms with E-state index in [-0.39, 0.29) is 13.2 Å². The van der Waals surface area contributed by atoms with E-state index >= 15 is 0 Å². The average Bonchev–Trinajstić information content (AvgIpc) is 3.63. The van der Waals surface area contributed by atoms with Crippen molar-refractivity contribution in [3.63, 3.8) is 0 Å². The number of alkyl carbamates (subject to hydrolysis) is 1. The molecule has 5 aromatic rings. The highest BCUT2D eigenvalue weighted by Crippen LogP contribution is 2.31. The van der Waals surface area contributed by atoms with Crippen molar-refractivity contribution in [2.45, 2.75) is 43.5 Å². The number of carboxylic acid groups (broad SMARTS) is 1. The fourth-order valence-corrected chi connectivity index (χ4v) is 6.41. The van der Waals surface area contributed by atoms with E-state index in [0.29, 0.717) is 30.9 Å². The Morgan fingerprint density at radius 3 is 2.18 bits per heavy atom. The van der Waals surface area contributed by atoms with Crippen LogP contribution >= 0.6 is 0 Å². The number of methoxy groups -OCH3 is 1. The second kappa shape index (κ2) is 16.5. The number of nitrogens with one attached hydrogen (secondary N) is 2. The van der Waals surface area contributed by atoms with E-state index < -0.39 is 42.2 Å². The van der Waals surface area contributed by atoms with Crippen LogP contribution in [0.1, 0.15) is 46.5 Å². The third kappa shape index (κ3) is 8.57. The number of benzene rings is 4. The Morgan fingerprint density at radius 1 is 0.902 bits per heavy atom. The quantitative estimate of drug-likeness (QED) is 0.159. The molecule has 1 fully saturated rings. The minimum atomic E-state index is -1.09. The first-order chi connectivity index (χ1) is 24.9. The van der Waals surface area contributed by atoms with Gasteiger partial charge in [0.15, 0.2) is 5.82 Å². The summed E-state index contributed by atoms with van der Waals surface area (Å²) in [6, 6.07) is 34.4. The maximum atomic E-state index is 14.1. The molecule has 0 unspecified atom stereocenters. The lowest BCUT2D eigenvalue weighted by Gasteiger charge is -2.37. The molecule has 262 valence electrons. The third-order valence-electron chi connectivity index (χ3n) is 8.95. The highest BCUT2D eigenvalue weighted by atomic mass is 16.5. The molecule has 0 aliphatic carbocycles. The number of morpholine rings is 1. The van der Waals surface area contributed by atoms with Crippen molar-refractivity contribution in [3.8, 4) is 0 Å². The molecule has 0 saturated carbocycles. The summed E-state index contributed by atoms with van der Waals surface area (Å²) in [6.07, 6.45) is -1.26. The predicted molar refractivity (Wildman–Crippen MR) is 188 cm³/mol. The van der Waals surface area contributed by atoms with Gasteiger partial charge in [0.1, 0.15) is 12.1 Å². The number of hydrogen-bond donors (Lipinski definition) is 3. The lowest BCUT2D eigenvalue weighted by molar-refractivity contribution is -0.118. The lowest BCUT2D eigenvalue weighted by Crippen LogP contribution is -2.48. The Labute approximate surface area is 295 Å². The summed E-state index contributed by atoms with van der Waals surface area (Å²) in [5.41, 5.74) is 4.08. The maximum Gasteiger partial charge on any atom is 0.408 e. The summed E-state index contributed by atoms with van der Waals surface area (Å²) >= 11 is 0. The molecule has 0 bridgehead atoms. The SMILES string of the molecule is COC(=O)N[C@H](C(=O)Nc1ccccc1CC[C@@H]1CN(C(=O)O)[C@H](c2nnnn2Cc2ccccc2)CO1)C(c1ccccc1)c1ccccc1. The second-order valence-electron chi connectivity index (χ2n) is 12.2. The Kier molecular flexibility index (Phi) is 11.3. The summed E-state index contributed by atoms with van der Waals surface area (Å²) in [6.45, 7) is 0.603. The molecule has 2 heterocycles. The maximum absolute atomic E-state index is 14.1. The first-order valence-corrected chi connectivity index (χ1v) is 16.7. The fraction of sp³-hybridized carbons (Fsp3) is 0.263. The van der Waals surface area contributed by atoms with Crippen LogP contribution in [0.3, 0.4) is 0 Å². The molecular formula is C38H39N7O6. The Hall–Kier alpha value is -6.08. The van der Waals surface area contributed by atoms with Crippen LogP contribution in [-0.4, -0.2) is 80.7 Å². The van der Waals surface area contributed by atoms with Crippen LogP contribution in [0.2, 0.25) is 0 Å². The van der Waals surface area contributed by atoms with E-state index in [1.165, 1.54) is 12.0 Å². The molecule has 1 aromatic heterocycles. The number of carbonyl (C=O) groups excluding carboxylic acids is 2. The number of amides is 3. The molecule has 4 aromatic carbocycles. The molecule has 13 heteroatoms. The number of para-hydroxylation sites is 1. The topological polar surface area (TPSA) is 161 Å². The van der Waals surface area contributed by atoms with E-state index in [9.17, 15) is 19.5 Å². The first kappa shape index (κ1) is 34.8. The number of hydrogen-bond acceptors (Lipinski definition) is 8. The zero-order valence-electron chi connectivity index (χ0n) is 28.0. The van der Waals surface area contributed by atoms with Gasteiger partial charge in [-0.2, -0.15) is 0 Å². The molecular weight excluding hydrogens is 650 g/mol. The van der Waals surface area contributed by atoms with Crippen LogP contribution < -0.4 is 10.6 Å². The van der Waals surface area contributed by atoms with E-state index in [1.54, 1.807) is 10.7 Å². The van der Waals surface area contributed by atoms with Gasteiger partial charge in [-0.25, -0.2) is 14.3 Å². The molecule has 1 aliphatic rings. The van der Waals surface area contributed by atoms with Crippen molar-refractivity contribution in [3.05, 3.63) is 143 Å². The molecule has 3 N–H and O–H groups in total. The number of rotatable bonds is 12. The summed E-state index contributed by atoms with van der Waals surface area (Å²) < 4.78 is 12.7. The normalized spacial score (nSPS) is 16.3. The number of ether oxygens (including phenoxy) is 2. The summed E-state index contributed by atoms with van der Waals surface area (Å²) in [5.74, 6) is -0.530. The van der Waals surface area contributed by atoms with E-state index in [1.807, 2.05) is 109 Å². The first-order valence-electron chi connectivity index (χ1n) is 16.7. The zero-order chi connectivity index (χ0) is 35.6. The molecule has 1 saturated heterocycles. The fourth-order valence-electron chi connectivity index (χ4n) is 6.41. The smallest absolute Gasteiger partial charge is 0.408 e. The predicted octanol–water partition coefficient (Wildman–Crippen LogP) is 5.27. The third-order valence-corrected chi connectivity index (χ3v) is 8.95. The molecule has 1 aliphatic heterocycles. The van der Waals surface area contributed by atoms with Gasteiger partial charge in [-0.05, 0) is 51.6 Å². The van der Waals surface area contributed by atoms with Crippen LogP contribution in [0.15, 0.2) is 115 Å². The van der Waals surface area contributed by atoms with Crippen molar-refractivity contribution < 1.29 is 29.0 Å². The van der Waals surface area contributed by atoms with E-state index in [0.717, 1.165) is 22.3 Å². The van der Waals surface area contributed by atoms with Gasteiger partial charge in [-0.1, -0.05) is 109 Å². The molecule has 6 rings (SSSR count). The van der Waals surface area contributed by atoms with Gasteiger partial charge in [0.25, 0.3) is 0 Å². The molecule has 0 radical (unpaired) electrons. The van der Waals surface area contributed by atoms with Gasteiger partial charge >= 0.3 is 12.2 Å². The van der Waals surface area contributed by atoms with Gasteiger partial charge in [0, 0.05) is 11.6 Å².